The Labute approximate surface area is 121 Å². The Morgan fingerprint density at radius 2 is 1.95 bits per heavy atom. The third kappa shape index (κ3) is 3.79. The lowest BCUT2D eigenvalue weighted by Crippen LogP contribution is -2.48. The van der Waals surface area contributed by atoms with Crippen molar-refractivity contribution < 1.29 is 27.9 Å². The van der Waals surface area contributed by atoms with E-state index >= 15 is 0 Å². The zero-order chi connectivity index (χ0) is 16.4. The zero-order valence-electron chi connectivity index (χ0n) is 12.4. The molecule has 0 bridgehead atoms. The van der Waals surface area contributed by atoms with Gasteiger partial charge in [-0.2, -0.15) is 13.2 Å². The number of carbonyl (C=O) groups is 2. The number of hydrogen-bond donors (Lipinski definition) is 1. The summed E-state index contributed by atoms with van der Waals surface area (Å²) >= 11 is 0. The summed E-state index contributed by atoms with van der Waals surface area (Å²) in [5.74, 6) is -1.21. The van der Waals surface area contributed by atoms with Crippen LogP contribution in [0.2, 0.25) is 0 Å². The van der Waals surface area contributed by atoms with Crippen LogP contribution >= 0.6 is 0 Å². The molecule has 8 heteroatoms. The average molecular weight is 310 g/mol. The SMILES string of the molecule is CCN(CC(F)(F)F)C(=O)N1CCC(C(=O)O)(C(C)C)C1. The highest BCUT2D eigenvalue weighted by Crippen LogP contribution is 2.38. The lowest BCUT2D eigenvalue weighted by Gasteiger charge is -2.31. The molecule has 2 amide bonds. The molecule has 0 radical (unpaired) electrons. The van der Waals surface area contributed by atoms with E-state index in [-0.39, 0.29) is 32.0 Å². The number of aliphatic carboxylic acids is 1. The minimum absolute atomic E-state index is 0.0484. The standard InChI is InChI=1S/C13H21F3N2O3/c1-4-17(8-13(14,15)16)11(21)18-6-5-12(7-18,9(2)3)10(19)20/h9H,4-8H2,1-3H3,(H,19,20). The molecule has 0 spiro atoms. The van der Waals surface area contributed by atoms with Crippen molar-refractivity contribution in [2.24, 2.45) is 11.3 Å². The van der Waals surface area contributed by atoms with Crippen LogP contribution in [0.4, 0.5) is 18.0 Å². The quantitative estimate of drug-likeness (QED) is 0.867. The van der Waals surface area contributed by atoms with Crippen LogP contribution in [0.3, 0.4) is 0 Å². The van der Waals surface area contributed by atoms with Gasteiger partial charge in [0.05, 0.1) is 5.41 Å². The minimum Gasteiger partial charge on any atom is -0.481 e. The highest BCUT2D eigenvalue weighted by molar-refractivity contribution is 5.80. The van der Waals surface area contributed by atoms with Gasteiger partial charge in [0, 0.05) is 19.6 Å². The molecule has 1 unspecified atom stereocenters. The first-order valence-electron chi connectivity index (χ1n) is 6.87. The van der Waals surface area contributed by atoms with Crippen molar-refractivity contribution in [3.63, 3.8) is 0 Å². The molecular weight excluding hydrogens is 289 g/mol. The molecule has 122 valence electrons. The van der Waals surface area contributed by atoms with Crippen molar-refractivity contribution >= 4 is 12.0 Å². The summed E-state index contributed by atoms with van der Waals surface area (Å²) in [4.78, 5) is 25.5. The van der Waals surface area contributed by atoms with Crippen LogP contribution in [-0.4, -0.2) is 59.3 Å². The van der Waals surface area contributed by atoms with Gasteiger partial charge in [0.2, 0.25) is 0 Å². The first-order valence-corrected chi connectivity index (χ1v) is 6.87. The van der Waals surface area contributed by atoms with Gasteiger partial charge in [-0.3, -0.25) is 4.79 Å². The number of hydrogen-bond acceptors (Lipinski definition) is 2. The molecule has 0 aliphatic carbocycles. The molecule has 1 rings (SSSR count). The van der Waals surface area contributed by atoms with Gasteiger partial charge in [-0.25, -0.2) is 4.79 Å². The smallest absolute Gasteiger partial charge is 0.406 e. The average Bonchev–Trinajstić information content (AvgIpc) is 2.80. The fourth-order valence-electron chi connectivity index (χ4n) is 2.62. The Morgan fingerprint density at radius 1 is 1.38 bits per heavy atom. The second-order valence-corrected chi connectivity index (χ2v) is 5.70. The highest BCUT2D eigenvalue weighted by Gasteiger charge is 2.49. The molecule has 1 N–H and O–H groups in total. The summed E-state index contributed by atoms with van der Waals surface area (Å²) in [5, 5.41) is 9.38. The van der Waals surface area contributed by atoms with Crippen LogP contribution < -0.4 is 0 Å². The molecule has 1 aliphatic rings. The van der Waals surface area contributed by atoms with E-state index in [1.54, 1.807) is 13.8 Å². The third-order valence-corrected chi connectivity index (χ3v) is 4.12. The van der Waals surface area contributed by atoms with Crippen LogP contribution in [0.1, 0.15) is 27.2 Å². The summed E-state index contributed by atoms with van der Waals surface area (Å²) < 4.78 is 37.3. The van der Waals surface area contributed by atoms with Gasteiger partial charge in [0.1, 0.15) is 6.54 Å². The molecule has 0 saturated carbocycles. The van der Waals surface area contributed by atoms with E-state index in [2.05, 4.69) is 0 Å². The van der Waals surface area contributed by atoms with E-state index in [4.69, 9.17) is 0 Å². The Kier molecular flexibility index (Phi) is 5.11. The normalized spacial score (nSPS) is 22.7. The first-order chi connectivity index (χ1) is 9.53. The van der Waals surface area contributed by atoms with Crippen molar-refractivity contribution in [3.05, 3.63) is 0 Å². The summed E-state index contributed by atoms with van der Waals surface area (Å²) in [6, 6.07) is -0.751. The van der Waals surface area contributed by atoms with E-state index in [0.717, 1.165) is 0 Å². The van der Waals surface area contributed by atoms with E-state index in [0.29, 0.717) is 4.90 Å². The van der Waals surface area contributed by atoms with Crippen molar-refractivity contribution in [1.82, 2.24) is 9.80 Å². The third-order valence-electron chi connectivity index (χ3n) is 4.12. The monoisotopic (exact) mass is 310 g/mol. The van der Waals surface area contributed by atoms with E-state index in [9.17, 15) is 27.9 Å². The van der Waals surface area contributed by atoms with Crippen LogP contribution in [0, 0.1) is 11.3 Å². The number of amides is 2. The zero-order valence-corrected chi connectivity index (χ0v) is 12.4. The molecule has 0 aromatic carbocycles. The van der Waals surface area contributed by atoms with Crippen LogP contribution in [0.25, 0.3) is 0 Å². The predicted molar refractivity (Wildman–Crippen MR) is 69.8 cm³/mol. The van der Waals surface area contributed by atoms with Gasteiger partial charge in [-0.15, -0.1) is 0 Å². The molecular formula is C13H21F3N2O3. The van der Waals surface area contributed by atoms with E-state index in [1.807, 2.05) is 0 Å². The van der Waals surface area contributed by atoms with Crippen molar-refractivity contribution in [2.75, 3.05) is 26.2 Å². The molecule has 1 saturated heterocycles. The number of urea groups is 1. The minimum atomic E-state index is -4.46. The molecule has 1 heterocycles. The molecule has 1 fully saturated rings. The second-order valence-electron chi connectivity index (χ2n) is 5.70. The Balaban J connectivity index is 2.83. The van der Waals surface area contributed by atoms with Gasteiger partial charge in [0.25, 0.3) is 0 Å². The summed E-state index contributed by atoms with van der Waals surface area (Å²) in [5.41, 5.74) is -1.08. The molecule has 0 aromatic rings. The maximum absolute atomic E-state index is 12.4. The van der Waals surface area contributed by atoms with Crippen molar-refractivity contribution in [1.29, 1.82) is 0 Å². The second kappa shape index (κ2) is 6.11. The van der Waals surface area contributed by atoms with Gasteiger partial charge in [-0.1, -0.05) is 13.8 Å². The van der Waals surface area contributed by atoms with Gasteiger partial charge >= 0.3 is 18.2 Å². The Morgan fingerprint density at radius 3 is 2.29 bits per heavy atom. The maximum atomic E-state index is 12.4. The van der Waals surface area contributed by atoms with Gasteiger partial charge in [-0.05, 0) is 19.3 Å². The van der Waals surface area contributed by atoms with Gasteiger partial charge in [0.15, 0.2) is 0 Å². The maximum Gasteiger partial charge on any atom is 0.406 e. The van der Waals surface area contributed by atoms with E-state index < -0.39 is 30.1 Å². The van der Waals surface area contributed by atoms with Crippen molar-refractivity contribution in [3.8, 4) is 0 Å². The number of rotatable bonds is 4. The topological polar surface area (TPSA) is 60.9 Å². The summed E-state index contributed by atoms with van der Waals surface area (Å²) in [7, 11) is 0. The van der Waals surface area contributed by atoms with Crippen LogP contribution in [0.15, 0.2) is 0 Å². The highest BCUT2D eigenvalue weighted by atomic mass is 19.4. The number of alkyl halides is 3. The van der Waals surface area contributed by atoms with E-state index in [1.165, 1.54) is 11.8 Å². The molecule has 1 aliphatic heterocycles. The lowest BCUT2D eigenvalue weighted by molar-refractivity contribution is -0.151. The lowest BCUT2D eigenvalue weighted by atomic mass is 9.76. The molecule has 21 heavy (non-hydrogen) atoms. The molecule has 0 aromatic heterocycles. The van der Waals surface area contributed by atoms with Crippen LogP contribution in [-0.2, 0) is 4.79 Å². The van der Waals surface area contributed by atoms with Gasteiger partial charge < -0.3 is 14.9 Å². The number of carboxylic acid groups (broad SMARTS) is 1. The number of nitrogens with zero attached hydrogens (tertiary/aromatic N) is 2. The summed E-state index contributed by atoms with van der Waals surface area (Å²) in [6.45, 7) is 3.68. The first kappa shape index (κ1) is 17.6. The number of carbonyl (C=O) groups excluding carboxylic acids is 1. The fraction of sp³-hybridized carbons (Fsp3) is 0.846. The fourth-order valence-corrected chi connectivity index (χ4v) is 2.62. The Bertz CT molecular complexity index is 412. The summed E-state index contributed by atoms with van der Waals surface area (Å²) in [6.07, 6.45) is -4.21. The number of carboxylic acids is 1. The molecule has 1 atom stereocenters. The van der Waals surface area contributed by atoms with Crippen LogP contribution in [0.5, 0.6) is 0 Å². The number of likely N-dealkylation sites (tertiary alicyclic amines) is 1. The van der Waals surface area contributed by atoms with Crippen molar-refractivity contribution in [2.45, 2.75) is 33.4 Å². The molecule has 5 nitrogen and oxygen atoms in total. The predicted octanol–water partition coefficient (Wildman–Crippen LogP) is 2.42. The number of halogens is 3. The Hall–Kier alpha value is -1.47. The largest absolute Gasteiger partial charge is 0.481 e.